The van der Waals surface area contributed by atoms with Gasteiger partial charge in [0.05, 0.1) is 14.2 Å². The molecule has 0 unspecified atom stereocenters. The van der Waals surface area contributed by atoms with Gasteiger partial charge in [-0.15, -0.1) is 0 Å². The minimum atomic E-state index is -0.214. The fourth-order valence-electron chi connectivity index (χ4n) is 2.73. The number of nitrogens with one attached hydrogen (secondary N) is 1. The molecule has 0 aliphatic heterocycles. The Balaban J connectivity index is 1.83. The van der Waals surface area contributed by atoms with Crippen LogP contribution in [0.25, 0.3) is 10.9 Å². The zero-order chi connectivity index (χ0) is 17.8. The number of nitrogens with zero attached hydrogens (tertiary/aromatic N) is 1. The minimum absolute atomic E-state index is 0.0911. The molecule has 3 rings (SSSR count). The maximum absolute atomic E-state index is 12.4. The molecule has 0 fully saturated rings. The number of para-hydroxylation sites is 1. The van der Waals surface area contributed by atoms with Crippen LogP contribution in [0.1, 0.15) is 10.4 Å². The number of hydrogen-bond acceptors (Lipinski definition) is 4. The lowest BCUT2D eigenvalue weighted by Gasteiger charge is -2.10. The molecule has 1 aromatic heterocycles. The van der Waals surface area contributed by atoms with Crippen molar-refractivity contribution < 1.29 is 19.1 Å². The predicted molar refractivity (Wildman–Crippen MR) is 95.5 cm³/mol. The van der Waals surface area contributed by atoms with Crippen LogP contribution in [0.15, 0.2) is 48.7 Å². The van der Waals surface area contributed by atoms with Crippen LogP contribution < -0.4 is 14.8 Å². The van der Waals surface area contributed by atoms with Gasteiger partial charge in [0.25, 0.3) is 0 Å². The zero-order valence-corrected chi connectivity index (χ0v) is 14.0. The third-order valence-corrected chi connectivity index (χ3v) is 3.90. The van der Waals surface area contributed by atoms with Gasteiger partial charge in [-0.05, 0) is 6.07 Å². The quantitative estimate of drug-likeness (QED) is 0.701. The fourth-order valence-corrected chi connectivity index (χ4v) is 2.73. The Morgan fingerprint density at radius 2 is 1.80 bits per heavy atom. The number of carbonyl (C=O) groups is 2. The van der Waals surface area contributed by atoms with E-state index in [0.717, 1.165) is 17.2 Å². The van der Waals surface area contributed by atoms with Gasteiger partial charge in [0, 0.05) is 46.5 Å². The topological polar surface area (TPSA) is 69.6 Å². The summed E-state index contributed by atoms with van der Waals surface area (Å²) in [4.78, 5) is 23.6. The molecule has 0 radical (unpaired) electrons. The number of hydrogen-bond donors (Lipinski definition) is 1. The van der Waals surface area contributed by atoms with Crippen LogP contribution in [0.4, 0.5) is 5.69 Å². The van der Waals surface area contributed by atoms with Crippen LogP contribution in [0.2, 0.25) is 0 Å². The van der Waals surface area contributed by atoms with Crippen molar-refractivity contribution in [1.29, 1.82) is 0 Å². The van der Waals surface area contributed by atoms with E-state index in [1.165, 1.54) is 0 Å². The first kappa shape index (κ1) is 16.6. The number of aldehydes is 1. The van der Waals surface area contributed by atoms with Gasteiger partial charge in [-0.25, -0.2) is 0 Å². The lowest BCUT2D eigenvalue weighted by atomic mass is 10.2. The van der Waals surface area contributed by atoms with E-state index in [-0.39, 0.29) is 12.5 Å². The summed E-state index contributed by atoms with van der Waals surface area (Å²) in [5.41, 5.74) is 1.97. The maximum Gasteiger partial charge on any atom is 0.244 e. The van der Waals surface area contributed by atoms with Crippen LogP contribution in [-0.2, 0) is 11.3 Å². The predicted octanol–water partition coefficient (Wildman–Crippen LogP) is 3.11. The molecule has 0 atom stereocenters. The molecule has 25 heavy (non-hydrogen) atoms. The summed E-state index contributed by atoms with van der Waals surface area (Å²) in [6.07, 6.45) is 2.48. The van der Waals surface area contributed by atoms with Crippen molar-refractivity contribution in [3.8, 4) is 11.5 Å². The Hall–Kier alpha value is -3.28. The average molecular weight is 338 g/mol. The largest absolute Gasteiger partial charge is 0.497 e. The van der Waals surface area contributed by atoms with E-state index >= 15 is 0 Å². The number of anilines is 1. The third kappa shape index (κ3) is 3.47. The number of rotatable bonds is 6. The summed E-state index contributed by atoms with van der Waals surface area (Å²) >= 11 is 0. The van der Waals surface area contributed by atoms with Gasteiger partial charge in [-0.1, -0.05) is 18.2 Å². The molecule has 0 bridgehead atoms. The van der Waals surface area contributed by atoms with Crippen molar-refractivity contribution in [3.63, 3.8) is 0 Å². The van der Waals surface area contributed by atoms with E-state index in [4.69, 9.17) is 9.47 Å². The molecule has 6 nitrogen and oxygen atoms in total. The molecule has 0 aliphatic carbocycles. The highest BCUT2D eigenvalue weighted by atomic mass is 16.5. The molecule has 1 N–H and O–H groups in total. The molecule has 0 aliphatic rings. The monoisotopic (exact) mass is 338 g/mol. The number of carbonyl (C=O) groups excluding carboxylic acids is 2. The van der Waals surface area contributed by atoms with Crippen molar-refractivity contribution in [2.75, 3.05) is 19.5 Å². The second-order valence-corrected chi connectivity index (χ2v) is 5.50. The summed E-state index contributed by atoms with van der Waals surface area (Å²) < 4.78 is 12.2. The molecular formula is C19H18N2O4. The van der Waals surface area contributed by atoms with E-state index in [9.17, 15) is 9.59 Å². The Morgan fingerprint density at radius 1 is 1.12 bits per heavy atom. The second kappa shape index (κ2) is 7.09. The van der Waals surface area contributed by atoms with Gasteiger partial charge in [0.2, 0.25) is 5.91 Å². The lowest BCUT2D eigenvalue weighted by Crippen LogP contribution is -2.18. The first-order chi connectivity index (χ1) is 12.1. The zero-order valence-electron chi connectivity index (χ0n) is 14.0. The van der Waals surface area contributed by atoms with Crippen molar-refractivity contribution in [1.82, 2.24) is 4.57 Å². The molecule has 0 saturated carbocycles. The normalized spacial score (nSPS) is 10.5. The summed E-state index contributed by atoms with van der Waals surface area (Å²) in [5, 5.41) is 3.65. The summed E-state index contributed by atoms with van der Waals surface area (Å²) in [7, 11) is 3.10. The molecule has 0 saturated heterocycles. The first-order valence-electron chi connectivity index (χ1n) is 7.70. The van der Waals surface area contributed by atoms with E-state index in [1.807, 2.05) is 24.3 Å². The number of methoxy groups -OCH3 is 2. The first-order valence-corrected chi connectivity index (χ1v) is 7.70. The standard InChI is InChI=1S/C19H18N2O4/c1-24-15-7-14(8-16(9-15)25-2)20-19(23)11-21-10-13(12-22)17-5-3-4-6-18(17)21/h3-10,12H,11H2,1-2H3,(H,20,23). The van der Waals surface area contributed by atoms with Gasteiger partial charge < -0.3 is 19.4 Å². The molecule has 128 valence electrons. The average Bonchev–Trinajstić information content (AvgIpc) is 2.99. The lowest BCUT2D eigenvalue weighted by molar-refractivity contribution is -0.116. The van der Waals surface area contributed by atoms with Gasteiger partial charge in [0.15, 0.2) is 6.29 Å². The summed E-state index contributed by atoms with van der Waals surface area (Å²) in [6, 6.07) is 12.6. The second-order valence-electron chi connectivity index (χ2n) is 5.50. The van der Waals surface area contributed by atoms with Crippen LogP contribution >= 0.6 is 0 Å². The highest BCUT2D eigenvalue weighted by Gasteiger charge is 2.11. The Bertz CT molecular complexity index is 908. The van der Waals surface area contributed by atoms with E-state index in [0.29, 0.717) is 22.7 Å². The van der Waals surface area contributed by atoms with Gasteiger partial charge in [-0.3, -0.25) is 9.59 Å². The number of amides is 1. The Kier molecular flexibility index (Phi) is 4.70. The third-order valence-electron chi connectivity index (χ3n) is 3.90. The molecule has 6 heteroatoms. The molecular weight excluding hydrogens is 320 g/mol. The summed E-state index contributed by atoms with van der Waals surface area (Å²) in [6.45, 7) is 0.0911. The van der Waals surface area contributed by atoms with Crippen molar-refractivity contribution in [2.45, 2.75) is 6.54 Å². The molecule has 2 aromatic carbocycles. The maximum atomic E-state index is 12.4. The van der Waals surface area contributed by atoms with E-state index < -0.39 is 0 Å². The van der Waals surface area contributed by atoms with E-state index in [2.05, 4.69) is 5.32 Å². The molecule has 0 spiro atoms. The van der Waals surface area contributed by atoms with Gasteiger partial charge >= 0.3 is 0 Å². The highest BCUT2D eigenvalue weighted by Crippen LogP contribution is 2.26. The number of fused-ring (bicyclic) bond motifs is 1. The SMILES string of the molecule is COc1cc(NC(=O)Cn2cc(C=O)c3ccccc32)cc(OC)c1. The number of aromatic nitrogens is 1. The van der Waals surface area contributed by atoms with Crippen molar-refractivity contribution >= 4 is 28.8 Å². The van der Waals surface area contributed by atoms with Gasteiger partial charge in [-0.2, -0.15) is 0 Å². The Morgan fingerprint density at radius 3 is 2.44 bits per heavy atom. The smallest absolute Gasteiger partial charge is 0.244 e. The van der Waals surface area contributed by atoms with Crippen LogP contribution in [-0.4, -0.2) is 31.0 Å². The number of benzene rings is 2. The number of ether oxygens (including phenoxy) is 2. The van der Waals surface area contributed by atoms with E-state index in [1.54, 1.807) is 43.2 Å². The highest BCUT2D eigenvalue weighted by molar-refractivity contribution is 5.99. The van der Waals surface area contributed by atoms with Gasteiger partial charge in [0.1, 0.15) is 18.0 Å². The van der Waals surface area contributed by atoms with Crippen molar-refractivity contribution in [2.24, 2.45) is 0 Å². The van der Waals surface area contributed by atoms with Crippen molar-refractivity contribution in [3.05, 3.63) is 54.2 Å². The molecule has 3 aromatic rings. The molecule has 1 heterocycles. The van der Waals surface area contributed by atoms with Crippen LogP contribution in [0.5, 0.6) is 11.5 Å². The summed E-state index contributed by atoms with van der Waals surface area (Å²) in [5.74, 6) is 0.960. The Labute approximate surface area is 145 Å². The minimum Gasteiger partial charge on any atom is -0.497 e. The molecule has 1 amide bonds. The fraction of sp³-hybridized carbons (Fsp3) is 0.158. The van der Waals surface area contributed by atoms with Crippen LogP contribution in [0.3, 0.4) is 0 Å². The van der Waals surface area contributed by atoms with Crippen LogP contribution in [0, 0.1) is 0 Å².